The first-order chi connectivity index (χ1) is 9.66. The number of rotatable bonds is 2. The van der Waals surface area contributed by atoms with Crippen LogP contribution in [0.5, 0.6) is 0 Å². The molecule has 2 heterocycles. The Hall–Kier alpha value is -2.69. The van der Waals surface area contributed by atoms with Crippen molar-refractivity contribution in [2.24, 2.45) is 0 Å². The van der Waals surface area contributed by atoms with Crippen LogP contribution in [0.2, 0.25) is 0 Å². The zero-order valence-corrected chi connectivity index (χ0v) is 10.8. The van der Waals surface area contributed by atoms with Gasteiger partial charge >= 0.3 is 0 Å². The lowest BCUT2D eigenvalue weighted by Gasteiger charge is -2.05. The summed E-state index contributed by atoms with van der Waals surface area (Å²) < 4.78 is 18.6. The normalized spacial score (nSPS) is 10.7. The molecule has 4 nitrogen and oxygen atoms in total. The van der Waals surface area contributed by atoms with E-state index in [1.54, 1.807) is 30.6 Å². The lowest BCUT2D eigenvalue weighted by atomic mass is 9.98. The highest BCUT2D eigenvalue weighted by Crippen LogP contribution is 2.37. The van der Waals surface area contributed by atoms with Crippen LogP contribution in [0, 0.1) is 12.7 Å². The number of hydrogen-bond donors (Lipinski definition) is 1. The number of nitrogens with two attached hydrogens (primary N) is 1. The second-order valence-electron chi connectivity index (χ2n) is 4.47. The van der Waals surface area contributed by atoms with E-state index in [-0.39, 0.29) is 11.7 Å². The van der Waals surface area contributed by atoms with Crippen molar-refractivity contribution in [3.05, 3.63) is 54.1 Å². The molecule has 3 aromatic rings. The summed E-state index contributed by atoms with van der Waals surface area (Å²) in [6.45, 7) is 1.88. The van der Waals surface area contributed by atoms with Gasteiger partial charge in [0.05, 0.1) is 5.56 Å². The Bertz CT molecular complexity index is 753. The number of nitrogen functional groups attached to an aromatic ring is 1. The summed E-state index contributed by atoms with van der Waals surface area (Å²) in [5, 5.41) is 3.98. The monoisotopic (exact) mass is 269 g/mol. The average molecular weight is 269 g/mol. The van der Waals surface area contributed by atoms with E-state index in [0.717, 1.165) is 11.1 Å². The molecule has 0 aliphatic carbocycles. The molecule has 2 aromatic heterocycles. The summed E-state index contributed by atoms with van der Waals surface area (Å²) in [5.74, 6) is -0.122. The van der Waals surface area contributed by atoms with Crippen molar-refractivity contribution in [2.75, 3.05) is 5.73 Å². The summed E-state index contributed by atoms with van der Waals surface area (Å²) >= 11 is 0. The highest BCUT2D eigenvalue weighted by atomic mass is 19.1. The molecular formula is C15H12FN3O. The first-order valence-electron chi connectivity index (χ1n) is 6.09. The number of hydrogen-bond acceptors (Lipinski definition) is 4. The van der Waals surface area contributed by atoms with Crippen LogP contribution in [0.4, 0.5) is 10.3 Å². The third-order valence-electron chi connectivity index (χ3n) is 3.14. The first-order valence-corrected chi connectivity index (χ1v) is 6.09. The minimum absolute atomic E-state index is 0.204. The van der Waals surface area contributed by atoms with Crippen LogP contribution < -0.4 is 5.73 Å². The molecule has 3 rings (SSSR count). The van der Waals surface area contributed by atoms with Crippen LogP contribution in [0.25, 0.3) is 22.4 Å². The topological polar surface area (TPSA) is 64.9 Å². The number of nitrogens with zero attached hydrogens (tertiary/aromatic N) is 2. The minimum atomic E-state index is -0.326. The number of halogens is 1. The van der Waals surface area contributed by atoms with Crippen LogP contribution in [-0.2, 0) is 0 Å². The van der Waals surface area contributed by atoms with Crippen molar-refractivity contribution in [1.82, 2.24) is 10.1 Å². The molecule has 0 atom stereocenters. The molecule has 2 N–H and O–H groups in total. The van der Waals surface area contributed by atoms with Gasteiger partial charge in [-0.15, -0.1) is 0 Å². The van der Waals surface area contributed by atoms with Gasteiger partial charge in [0.2, 0.25) is 5.88 Å². The van der Waals surface area contributed by atoms with Gasteiger partial charge in [-0.1, -0.05) is 11.2 Å². The zero-order valence-electron chi connectivity index (χ0n) is 10.8. The lowest BCUT2D eigenvalue weighted by molar-refractivity contribution is 0.439. The van der Waals surface area contributed by atoms with Gasteiger partial charge in [-0.25, -0.2) is 4.39 Å². The van der Waals surface area contributed by atoms with E-state index in [1.807, 2.05) is 6.92 Å². The maximum absolute atomic E-state index is 13.5. The molecule has 1 aromatic carbocycles. The summed E-state index contributed by atoms with van der Waals surface area (Å²) in [5.41, 5.74) is 9.44. The molecule has 5 heteroatoms. The first kappa shape index (κ1) is 12.3. The Morgan fingerprint density at radius 1 is 1.15 bits per heavy atom. The second kappa shape index (κ2) is 4.77. The van der Waals surface area contributed by atoms with Gasteiger partial charge < -0.3 is 10.3 Å². The summed E-state index contributed by atoms with van der Waals surface area (Å²) in [4.78, 5) is 3.97. The third-order valence-corrected chi connectivity index (χ3v) is 3.14. The van der Waals surface area contributed by atoms with Crippen molar-refractivity contribution in [1.29, 1.82) is 0 Å². The van der Waals surface area contributed by atoms with Crippen LogP contribution in [0.1, 0.15) is 5.56 Å². The molecular weight excluding hydrogens is 257 g/mol. The largest absolute Gasteiger partial charge is 0.367 e. The average Bonchev–Trinajstić information content (AvgIpc) is 2.84. The van der Waals surface area contributed by atoms with Gasteiger partial charge in [0.25, 0.3) is 0 Å². The van der Waals surface area contributed by atoms with Crippen molar-refractivity contribution < 1.29 is 8.91 Å². The molecule has 0 radical (unpaired) electrons. The minimum Gasteiger partial charge on any atom is -0.367 e. The summed E-state index contributed by atoms with van der Waals surface area (Å²) in [7, 11) is 0. The number of anilines is 1. The number of pyridine rings is 1. The van der Waals surface area contributed by atoms with E-state index in [2.05, 4.69) is 10.1 Å². The second-order valence-corrected chi connectivity index (χ2v) is 4.47. The molecule has 100 valence electrons. The molecule has 20 heavy (non-hydrogen) atoms. The van der Waals surface area contributed by atoms with Gasteiger partial charge in [-0.3, -0.25) is 4.98 Å². The van der Waals surface area contributed by atoms with Gasteiger partial charge in [0, 0.05) is 18.0 Å². The highest BCUT2D eigenvalue weighted by molar-refractivity contribution is 5.87. The lowest BCUT2D eigenvalue weighted by Crippen LogP contribution is -1.90. The van der Waals surface area contributed by atoms with E-state index >= 15 is 0 Å². The molecule has 0 spiro atoms. The van der Waals surface area contributed by atoms with Crippen molar-refractivity contribution in [3.8, 4) is 22.4 Å². The van der Waals surface area contributed by atoms with Gasteiger partial charge in [0.1, 0.15) is 11.5 Å². The number of aryl methyl sites for hydroxylation is 1. The molecule has 0 aliphatic heterocycles. The van der Waals surface area contributed by atoms with Gasteiger partial charge in [-0.2, -0.15) is 0 Å². The summed E-state index contributed by atoms with van der Waals surface area (Å²) in [6, 6.07) is 8.15. The maximum atomic E-state index is 13.5. The Kier molecular flexibility index (Phi) is 2.95. The van der Waals surface area contributed by atoms with E-state index < -0.39 is 0 Å². The zero-order chi connectivity index (χ0) is 14.1. The van der Waals surface area contributed by atoms with E-state index in [4.69, 9.17) is 10.3 Å². The SMILES string of the molecule is Cc1ccc(F)cc1-c1noc(N)c1-c1ccncc1. The smallest absolute Gasteiger partial charge is 0.230 e. The van der Waals surface area contributed by atoms with E-state index in [0.29, 0.717) is 16.8 Å². The molecule has 0 saturated carbocycles. The fourth-order valence-corrected chi connectivity index (χ4v) is 2.13. The number of aromatic nitrogens is 2. The Labute approximate surface area is 115 Å². The molecule has 0 aliphatic rings. The molecule has 0 bridgehead atoms. The van der Waals surface area contributed by atoms with Crippen LogP contribution in [-0.4, -0.2) is 10.1 Å². The Morgan fingerprint density at radius 3 is 2.65 bits per heavy atom. The predicted molar refractivity (Wildman–Crippen MR) is 74.3 cm³/mol. The van der Waals surface area contributed by atoms with Crippen molar-refractivity contribution in [2.45, 2.75) is 6.92 Å². The van der Waals surface area contributed by atoms with Gasteiger partial charge in [0.15, 0.2) is 0 Å². The Morgan fingerprint density at radius 2 is 1.90 bits per heavy atom. The molecule has 0 amide bonds. The van der Waals surface area contributed by atoms with Crippen LogP contribution in [0.3, 0.4) is 0 Å². The van der Waals surface area contributed by atoms with Crippen molar-refractivity contribution >= 4 is 5.88 Å². The van der Waals surface area contributed by atoms with Crippen molar-refractivity contribution in [3.63, 3.8) is 0 Å². The fourth-order valence-electron chi connectivity index (χ4n) is 2.13. The molecule has 0 unspecified atom stereocenters. The van der Waals surface area contributed by atoms with Crippen LogP contribution in [0.15, 0.2) is 47.2 Å². The van der Waals surface area contributed by atoms with E-state index in [1.165, 1.54) is 12.1 Å². The summed E-state index contributed by atoms with van der Waals surface area (Å²) in [6.07, 6.45) is 3.31. The van der Waals surface area contributed by atoms with Crippen LogP contribution >= 0.6 is 0 Å². The highest BCUT2D eigenvalue weighted by Gasteiger charge is 2.19. The predicted octanol–water partition coefficient (Wildman–Crippen LogP) is 3.43. The van der Waals surface area contributed by atoms with E-state index in [9.17, 15) is 4.39 Å². The maximum Gasteiger partial charge on any atom is 0.230 e. The number of benzene rings is 1. The Balaban J connectivity index is 2.24. The van der Waals surface area contributed by atoms with Gasteiger partial charge in [-0.05, 0) is 42.3 Å². The molecule has 0 fully saturated rings. The quantitative estimate of drug-likeness (QED) is 0.774. The fraction of sp³-hybridized carbons (Fsp3) is 0.0667. The third kappa shape index (κ3) is 2.03. The molecule has 0 saturated heterocycles. The standard InChI is InChI=1S/C15H12FN3O/c1-9-2-3-11(16)8-12(9)14-13(15(17)20-19-14)10-4-6-18-7-5-10/h2-8H,17H2,1H3.